The van der Waals surface area contributed by atoms with Crippen LogP contribution in [-0.2, 0) is 0 Å². The van der Waals surface area contributed by atoms with Crippen LogP contribution in [0.5, 0.6) is 0 Å². The van der Waals surface area contributed by atoms with E-state index in [4.69, 9.17) is 0 Å². The topological polar surface area (TPSA) is 24.1 Å². The van der Waals surface area contributed by atoms with E-state index in [2.05, 4.69) is 31.4 Å². The third kappa shape index (κ3) is 3.76. The van der Waals surface area contributed by atoms with Crippen LogP contribution in [0.25, 0.3) is 0 Å². The third-order valence-electron chi connectivity index (χ3n) is 3.73. The molecule has 0 bridgehead atoms. The minimum absolute atomic E-state index is 0.261. The summed E-state index contributed by atoms with van der Waals surface area (Å²) in [6, 6.07) is 0. The van der Waals surface area contributed by atoms with E-state index in [1.165, 1.54) is 19.4 Å². The predicted molar refractivity (Wildman–Crippen MR) is 64.9 cm³/mol. The van der Waals surface area contributed by atoms with Crippen LogP contribution < -0.4 is 10.6 Å². The fourth-order valence-electron chi connectivity index (χ4n) is 2.84. The van der Waals surface area contributed by atoms with Crippen LogP contribution in [0.1, 0.15) is 40.0 Å². The monoisotopic (exact) mass is 210 g/mol. The molecule has 0 aliphatic heterocycles. The van der Waals surface area contributed by atoms with E-state index in [1.54, 1.807) is 6.42 Å². The largest absolute Gasteiger partial charge is 0.315 e. The van der Waals surface area contributed by atoms with Gasteiger partial charge in [0, 0.05) is 18.6 Å². The number of hydrogen-bond donors (Lipinski definition) is 2. The molecule has 2 saturated carbocycles. The fraction of sp³-hybridized carbons (Fsp3) is 1.00. The maximum atomic E-state index is 3.58. The van der Waals surface area contributed by atoms with Crippen LogP contribution in [0.3, 0.4) is 0 Å². The highest BCUT2D eigenvalue weighted by atomic mass is 15.0. The lowest BCUT2D eigenvalue weighted by Crippen LogP contribution is -2.40. The smallest absolute Gasteiger partial charge is 0.00970 e. The minimum Gasteiger partial charge on any atom is -0.315 e. The molecular weight excluding hydrogens is 184 g/mol. The molecule has 0 aromatic rings. The van der Waals surface area contributed by atoms with Gasteiger partial charge in [0.05, 0.1) is 0 Å². The molecule has 2 N–H and O–H groups in total. The Labute approximate surface area is 94.2 Å². The lowest BCUT2D eigenvalue weighted by Gasteiger charge is -2.21. The SMILES string of the molecule is CC(C)(C)NCCNCC1CC2CC2C1. The van der Waals surface area contributed by atoms with E-state index in [9.17, 15) is 0 Å². The van der Waals surface area contributed by atoms with Crippen molar-refractivity contribution >= 4 is 0 Å². The Kier molecular flexibility index (Phi) is 3.36. The van der Waals surface area contributed by atoms with Gasteiger partial charge >= 0.3 is 0 Å². The minimum atomic E-state index is 0.261. The average molecular weight is 210 g/mol. The Balaban J connectivity index is 1.45. The van der Waals surface area contributed by atoms with E-state index in [-0.39, 0.29) is 5.54 Å². The van der Waals surface area contributed by atoms with Gasteiger partial charge in [-0.3, -0.25) is 0 Å². The predicted octanol–water partition coefficient (Wildman–Crippen LogP) is 2.01. The lowest BCUT2D eigenvalue weighted by atomic mass is 10.0. The van der Waals surface area contributed by atoms with Gasteiger partial charge < -0.3 is 10.6 Å². The first-order valence-electron chi connectivity index (χ1n) is 6.50. The first kappa shape index (κ1) is 11.4. The molecule has 0 aromatic heterocycles. The Morgan fingerprint density at radius 3 is 2.27 bits per heavy atom. The summed E-state index contributed by atoms with van der Waals surface area (Å²) in [5.41, 5.74) is 0.261. The summed E-state index contributed by atoms with van der Waals surface area (Å²) < 4.78 is 0. The van der Waals surface area contributed by atoms with Crippen molar-refractivity contribution in [2.75, 3.05) is 19.6 Å². The summed E-state index contributed by atoms with van der Waals surface area (Å²) in [6.07, 6.45) is 4.55. The molecule has 2 rings (SSSR count). The van der Waals surface area contributed by atoms with E-state index in [1.807, 2.05) is 0 Å². The van der Waals surface area contributed by atoms with Crippen molar-refractivity contribution < 1.29 is 0 Å². The molecular formula is C13H26N2. The summed E-state index contributed by atoms with van der Waals surface area (Å²) in [5, 5.41) is 7.08. The van der Waals surface area contributed by atoms with Crippen molar-refractivity contribution in [2.45, 2.75) is 45.6 Å². The van der Waals surface area contributed by atoms with Crippen molar-refractivity contribution in [2.24, 2.45) is 17.8 Å². The summed E-state index contributed by atoms with van der Waals surface area (Å²) >= 11 is 0. The van der Waals surface area contributed by atoms with Crippen LogP contribution in [0.2, 0.25) is 0 Å². The first-order valence-corrected chi connectivity index (χ1v) is 6.50. The van der Waals surface area contributed by atoms with E-state index >= 15 is 0 Å². The lowest BCUT2D eigenvalue weighted by molar-refractivity contribution is 0.403. The standard InChI is InChI=1S/C13H26N2/c1-13(2,3)15-5-4-14-9-10-6-11-8-12(11)7-10/h10-12,14-15H,4-9H2,1-3H3. The van der Waals surface area contributed by atoms with Crippen LogP contribution in [0.4, 0.5) is 0 Å². The van der Waals surface area contributed by atoms with E-state index in [0.717, 1.165) is 30.8 Å². The molecule has 0 saturated heterocycles. The Morgan fingerprint density at radius 2 is 1.67 bits per heavy atom. The van der Waals surface area contributed by atoms with Crippen LogP contribution in [-0.4, -0.2) is 25.2 Å². The van der Waals surface area contributed by atoms with Crippen LogP contribution in [0, 0.1) is 17.8 Å². The van der Waals surface area contributed by atoms with Gasteiger partial charge in [-0.25, -0.2) is 0 Å². The molecule has 2 aliphatic carbocycles. The number of hydrogen-bond acceptors (Lipinski definition) is 2. The molecule has 2 aliphatic rings. The highest BCUT2D eigenvalue weighted by Crippen LogP contribution is 2.54. The molecule has 2 unspecified atom stereocenters. The summed E-state index contributed by atoms with van der Waals surface area (Å²) in [4.78, 5) is 0. The van der Waals surface area contributed by atoms with Crippen LogP contribution >= 0.6 is 0 Å². The van der Waals surface area contributed by atoms with Crippen molar-refractivity contribution in [1.29, 1.82) is 0 Å². The maximum absolute atomic E-state index is 3.58. The fourth-order valence-corrected chi connectivity index (χ4v) is 2.84. The molecule has 2 atom stereocenters. The Hall–Kier alpha value is -0.0800. The molecule has 88 valence electrons. The van der Waals surface area contributed by atoms with Gasteiger partial charge in [0.2, 0.25) is 0 Å². The third-order valence-corrected chi connectivity index (χ3v) is 3.73. The van der Waals surface area contributed by atoms with E-state index in [0.29, 0.717) is 0 Å². The molecule has 2 nitrogen and oxygen atoms in total. The van der Waals surface area contributed by atoms with Gasteiger partial charge in [-0.1, -0.05) is 0 Å². The maximum Gasteiger partial charge on any atom is 0.00970 e. The van der Waals surface area contributed by atoms with Crippen molar-refractivity contribution in [1.82, 2.24) is 10.6 Å². The van der Waals surface area contributed by atoms with Gasteiger partial charge in [0.15, 0.2) is 0 Å². The molecule has 0 radical (unpaired) electrons. The zero-order valence-electron chi connectivity index (χ0n) is 10.5. The summed E-state index contributed by atoms with van der Waals surface area (Å²) in [5.74, 6) is 3.25. The Bertz CT molecular complexity index is 197. The zero-order valence-corrected chi connectivity index (χ0v) is 10.5. The van der Waals surface area contributed by atoms with Crippen molar-refractivity contribution in [3.05, 3.63) is 0 Å². The van der Waals surface area contributed by atoms with Crippen LogP contribution in [0.15, 0.2) is 0 Å². The number of rotatable bonds is 5. The average Bonchev–Trinajstić information content (AvgIpc) is 2.72. The van der Waals surface area contributed by atoms with Gasteiger partial charge in [0.1, 0.15) is 0 Å². The molecule has 2 heteroatoms. The van der Waals surface area contributed by atoms with Gasteiger partial charge in [-0.05, 0) is 64.3 Å². The summed E-state index contributed by atoms with van der Waals surface area (Å²) in [6.45, 7) is 10.1. The normalized spacial score (nSPS) is 34.2. The molecule has 15 heavy (non-hydrogen) atoms. The second kappa shape index (κ2) is 4.42. The zero-order chi connectivity index (χ0) is 10.9. The summed E-state index contributed by atoms with van der Waals surface area (Å²) in [7, 11) is 0. The molecule has 2 fully saturated rings. The van der Waals surface area contributed by atoms with Gasteiger partial charge in [0.25, 0.3) is 0 Å². The second-order valence-electron chi connectivity index (χ2n) is 6.47. The van der Waals surface area contributed by atoms with E-state index < -0.39 is 0 Å². The van der Waals surface area contributed by atoms with Gasteiger partial charge in [-0.15, -0.1) is 0 Å². The quantitative estimate of drug-likeness (QED) is 0.678. The number of nitrogens with one attached hydrogen (secondary N) is 2. The molecule has 0 amide bonds. The number of fused-ring (bicyclic) bond motifs is 1. The highest BCUT2D eigenvalue weighted by Gasteiger charge is 2.45. The van der Waals surface area contributed by atoms with Crippen molar-refractivity contribution in [3.63, 3.8) is 0 Å². The van der Waals surface area contributed by atoms with Crippen molar-refractivity contribution in [3.8, 4) is 0 Å². The molecule has 0 spiro atoms. The Morgan fingerprint density at radius 1 is 1.00 bits per heavy atom. The van der Waals surface area contributed by atoms with Gasteiger partial charge in [-0.2, -0.15) is 0 Å². The molecule has 0 aromatic carbocycles. The highest BCUT2D eigenvalue weighted by molar-refractivity contribution is 4.96. The second-order valence-corrected chi connectivity index (χ2v) is 6.47. The molecule has 0 heterocycles. The first-order chi connectivity index (χ1) is 7.04.